The maximum absolute atomic E-state index is 11.1. The largest absolute Gasteiger partial charge is 0.378 e. The Morgan fingerprint density at radius 2 is 1.96 bits per heavy atom. The van der Waals surface area contributed by atoms with E-state index in [0.29, 0.717) is 19.6 Å². The molecule has 0 unspecified atom stereocenters. The van der Waals surface area contributed by atoms with Crippen molar-refractivity contribution in [2.45, 2.75) is 24.9 Å². The Hall–Kier alpha value is -1.86. The molecule has 0 saturated carbocycles. The van der Waals surface area contributed by atoms with E-state index < -0.39 is 0 Å². The van der Waals surface area contributed by atoms with E-state index in [9.17, 15) is 4.79 Å². The molecule has 3 rings (SSSR count). The highest BCUT2D eigenvalue weighted by Gasteiger charge is 2.21. The summed E-state index contributed by atoms with van der Waals surface area (Å²) < 4.78 is 7.54. The van der Waals surface area contributed by atoms with Gasteiger partial charge in [0.25, 0.3) is 0 Å². The van der Waals surface area contributed by atoms with Crippen molar-refractivity contribution in [1.82, 2.24) is 14.8 Å². The molecule has 1 saturated heterocycles. The lowest BCUT2D eigenvalue weighted by atomic mass is 10.3. The summed E-state index contributed by atoms with van der Waals surface area (Å²) >= 11 is 1.65. The van der Waals surface area contributed by atoms with Crippen LogP contribution in [0, 0.1) is 0 Å². The van der Waals surface area contributed by atoms with Crippen LogP contribution in [0.15, 0.2) is 35.5 Å². The molecule has 24 heavy (non-hydrogen) atoms. The number of thioether (sulfide) groups is 1. The fourth-order valence-electron chi connectivity index (χ4n) is 2.61. The van der Waals surface area contributed by atoms with Gasteiger partial charge in [0, 0.05) is 25.3 Å². The van der Waals surface area contributed by atoms with Crippen molar-refractivity contribution < 1.29 is 9.53 Å². The predicted molar refractivity (Wildman–Crippen MR) is 95.0 cm³/mol. The number of hydrogen-bond donors (Lipinski definition) is 0. The number of ketones is 1. The second-order valence-electron chi connectivity index (χ2n) is 5.71. The van der Waals surface area contributed by atoms with Crippen molar-refractivity contribution >= 4 is 23.5 Å². The number of benzene rings is 1. The molecule has 1 aromatic carbocycles. The van der Waals surface area contributed by atoms with Gasteiger partial charge in [-0.3, -0.25) is 4.57 Å². The van der Waals surface area contributed by atoms with Crippen LogP contribution in [0.1, 0.15) is 19.8 Å². The van der Waals surface area contributed by atoms with Crippen LogP contribution in [0.5, 0.6) is 0 Å². The van der Waals surface area contributed by atoms with E-state index in [1.54, 1.807) is 18.7 Å². The monoisotopic (exact) mass is 346 g/mol. The predicted octanol–water partition coefficient (Wildman–Crippen LogP) is 2.57. The SMILES string of the molecule is CC(=O)CCCSc1nnc(N2CCOCC2)n1-c1ccccc1. The van der Waals surface area contributed by atoms with E-state index in [2.05, 4.69) is 31.8 Å². The van der Waals surface area contributed by atoms with Crippen LogP contribution < -0.4 is 4.90 Å². The van der Waals surface area contributed by atoms with Gasteiger partial charge in [-0.05, 0) is 25.5 Å². The lowest BCUT2D eigenvalue weighted by Gasteiger charge is -2.27. The fourth-order valence-corrected chi connectivity index (χ4v) is 3.50. The number of para-hydroxylation sites is 1. The number of aromatic nitrogens is 3. The first-order chi connectivity index (χ1) is 11.8. The Morgan fingerprint density at radius 3 is 2.67 bits per heavy atom. The van der Waals surface area contributed by atoms with Gasteiger partial charge in [0.15, 0.2) is 5.16 Å². The van der Waals surface area contributed by atoms with Crippen molar-refractivity contribution in [2.24, 2.45) is 0 Å². The maximum Gasteiger partial charge on any atom is 0.232 e. The third-order valence-corrected chi connectivity index (χ3v) is 4.84. The third kappa shape index (κ3) is 4.15. The number of Topliss-reactive ketones (excluding diaryl/α,β-unsaturated/α-hetero) is 1. The number of morpholine rings is 1. The highest BCUT2D eigenvalue weighted by atomic mass is 32.2. The minimum Gasteiger partial charge on any atom is -0.378 e. The zero-order valence-corrected chi connectivity index (χ0v) is 14.7. The molecule has 128 valence electrons. The quantitative estimate of drug-likeness (QED) is 0.567. The molecule has 1 aliphatic rings. The molecule has 6 nitrogen and oxygen atoms in total. The average Bonchev–Trinajstić information content (AvgIpc) is 3.04. The normalized spacial score (nSPS) is 14.8. The van der Waals surface area contributed by atoms with Gasteiger partial charge in [0.1, 0.15) is 5.78 Å². The summed E-state index contributed by atoms with van der Waals surface area (Å²) in [5, 5.41) is 9.69. The number of hydrogen-bond acceptors (Lipinski definition) is 6. The number of rotatable bonds is 7. The summed E-state index contributed by atoms with van der Waals surface area (Å²) in [6.07, 6.45) is 1.47. The van der Waals surface area contributed by atoms with Gasteiger partial charge in [-0.25, -0.2) is 0 Å². The number of ether oxygens (including phenoxy) is 1. The molecule has 1 fully saturated rings. The summed E-state index contributed by atoms with van der Waals surface area (Å²) in [5.74, 6) is 1.95. The average molecular weight is 346 g/mol. The minimum atomic E-state index is 0.231. The van der Waals surface area contributed by atoms with Gasteiger partial charge in [-0.1, -0.05) is 30.0 Å². The zero-order valence-electron chi connectivity index (χ0n) is 13.9. The topological polar surface area (TPSA) is 60.3 Å². The van der Waals surface area contributed by atoms with Crippen molar-refractivity contribution in [1.29, 1.82) is 0 Å². The van der Waals surface area contributed by atoms with E-state index in [4.69, 9.17) is 4.74 Å². The summed E-state index contributed by atoms with van der Waals surface area (Å²) in [5.41, 5.74) is 1.05. The van der Waals surface area contributed by atoms with Crippen LogP contribution in [0.2, 0.25) is 0 Å². The Labute approximate surface area is 146 Å². The zero-order chi connectivity index (χ0) is 16.8. The number of carbonyl (C=O) groups is 1. The first-order valence-corrected chi connectivity index (χ1v) is 9.20. The van der Waals surface area contributed by atoms with Gasteiger partial charge < -0.3 is 14.4 Å². The van der Waals surface area contributed by atoms with E-state index in [-0.39, 0.29) is 5.78 Å². The van der Waals surface area contributed by atoms with E-state index in [1.807, 2.05) is 18.2 Å². The van der Waals surface area contributed by atoms with Crippen molar-refractivity contribution in [3.05, 3.63) is 30.3 Å². The lowest BCUT2D eigenvalue weighted by Crippen LogP contribution is -2.37. The van der Waals surface area contributed by atoms with Crippen LogP contribution in [0.4, 0.5) is 5.95 Å². The van der Waals surface area contributed by atoms with E-state index >= 15 is 0 Å². The molecule has 0 aliphatic carbocycles. The molecular formula is C17H22N4O2S. The fraction of sp³-hybridized carbons (Fsp3) is 0.471. The molecule has 7 heteroatoms. The standard InChI is InChI=1S/C17H22N4O2S/c1-14(22)6-5-13-24-17-19-18-16(20-9-11-23-12-10-20)21(17)15-7-3-2-4-8-15/h2-4,7-8H,5-6,9-13H2,1H3. The van der Waals surface area contributed by atoms with Gasteiger partial charge in [-0.2, -0.15) is 0 Å². The van der Waals surface area contributed by atoms with Gasteiger partial charge in [0.2, 0.25) is 5.95 Å². The highest BCUT2D eigenvalue weighted by molar-refractivity contribution is 7.99. The van der Waals surface area contributed by atoms with E-state index in [0.717, 1.165) is 42.1 Å². The van der Waals surface area contributed by atoms with Crippen molar-refractivity contribution in [2.75, 3.05) is 37.0 Å². The molecule has 0 radical (unpaired) electrons. The van der Waals surface area contributed by atoms with Gasteiger partial charge in [0.05, 0.1) is 18.9 Å². The lowest BCUT2D eigenvalue weighted by molar-refractivity contribution is -0.117. The number of nitrogens with zero attached hydrogens (tertiary/aromatic N) is 4. The van der Waals surface area contributed by atoms with Crippen LogP contribution in [-0.4, -0.2) is 52.6 Å². The highest BCUT2D eigenvalue weighted by Crippen LogP contribution is 2.27. The molecular weight excluding hydrogens is 324 g/mol. The van der Waals surface area contributed by atoms with Crippen LogP contribution in [0.3, 0.4) is 0 Å². The van der Waals surface area contributed by atoms with E-state index in [1.165, 1.54) is 0 Å². The molecule has 0 atom stereocenters. The molecule has 2 heterocycles. The molecule has 0 N–H and O–H groups in total. The summed E-state index contributed by atoms with van der Waals surface area (Å²) in [4.78, 5) is 13.3. The van der Waals surface area contributed by atoms with Crippen LogP contribution >= 0.6 is 11.8 Å². The Balaban J connectivity index is 1.82. The van der Waals surface area contributed by atoms with Gasteiger partial charge in [-0.15, -0.1) is 10.2 Å². The number of carbonyl (C=O) groups excluding carboxylic acids is 1. The molecule has 0 amide bonds. The smallest absolute Gasteiger partial charge is 0.232 e. The molecule has 2 aromatic rings. The Morgan fingerprint density at radius 1 is 1.21 bits per heavy atom. The number of anilines is 1. The first kappa shape index (κ1) is 17.0. The molecule has 1 aromatic heterocycles. The molecule has 0 spiro atoms. The second-order valence-corrected chi connectivity index (χ2v) is 6.77. The summed E-state index contributed by atoms with van der Waals surface area (Å²) in [7, 11) is 0. The summed E-state index contributed by atoms with van der Waals surface area (Å²) in [6, 6.07) is 10.2. The Kier molecular flexibility index (Phi) is 5.87. The van der Waals surface area contributed by atoms with Crippen molar-refractivity contribution in [3.63, 3.8) is 0 Å². The first-order valence-electron chi connectivity index (χ1n) is 8.21. The van der Waals surface area contributed by atoms with Crippen molar-refractivity contribution in [3.8, 4) is 5.69 Å². The molecule has 1 aliphatic heterocycles. The second kappa shape index (κ2) is 8.30. The summed E-state index contributed by atoms with van der Waals surface area (Å²) in [6.45, 7) is 4.69. The maximum atomic E-state index is 11.1. The van der Waals surface area contributed by atoms with Crippen LogP contribution in [-0.2, 0) is 9.53 Å². The van der Waals surface area contributed by atoms with Gasteiger partial charge >= 0.3 is 0 Å². The third-order valence-electron chi connectivity index (χ3n) is 3.83. The Bertz CT molecular complexity index is 668. The minimum absolute atomic E-state index is 0.231. The van der Waals surface area contributed by atoms with Crippen LogP contribution in [0.25, 0.3) is 5.69 Å². The molecule has 0 bridgehead atoms.